The van der Waals surface area contributed by atoms with Crippen LogP contribution in [0.1, 0.15) is 11.1 Å². The second-order valence-electron chi connectivity index (χ2n) is 2.56. The zero-order valence-electron chi connectivity index (χ0n) is 6.63. The van der Waals surface area contributed by atoms with Gasteiger partial charge in [0.25, 0.3) is 0 Å². The van der Waals surface area contributed by atoms with E-state index in [9.17, 15) is 13.2 Å². The number of halogens is 6. The standard InChI is InChI=1S/C8H4Br2ClF3/c9-5-1-4(3-11)7(10)6(2-5)8(12,13)14/h1-2H,3H2. The molecular formula is C8H4Br2ClF3. The van der Waals surface area contributed by atoms with Crippen LogP contribution in [0.5, 0.6) is 0 Å². The van der Waals surface area contributed by atoms with Crippen LogP contribution in [-0.2, 0) is 12.1 Å². The first-order valence-electron chi connectivity index (χ1n) is 3.47. The zero-order chi connectivity index (χ0) is 10.9. The summed E-state index contributed by atoms with van der Waals surface area (Å²) in [7, 11) is 0. The number of alkyl halides is 4. The van der Waals surface area contributed by atoms with Crippen LogP contribution in [0.4, 0.5) is 13.2 Å². The molecule has 14 heavy (non-hydrogen) atoms. The molecule has 6 heteroatoms. The lowest BCUT2D eigenvalue weighted by atomic mass is 10.1. The maximum atomic E-state index is 12.5. The van der Waals surface area contributed by atoms with Gasteiger partial charge in [-0.2, -0.15) is 13.2 Å². The van der Waals surface area contributed by atoms with Gasteiger partial charge in [0.2, 0.25) is 0 Å². The molecule has 0 bridgehead atoms. The Kier molecular flexibility index (Phi) is 3.88. The van der Waals surface area contributed by atoms with Crippen molar-refractivity contribution in [1.82, 2.24) is 0 Å². The smallest absolute Gasteiger partial charge is 0.166 e. The summed E-state index contributed by atoms with van der Waals surface area (Å²) in [5.74, 6) is 0.0309. The molecule has 0 N–H and O–H groups in total. The average Bonchev–Trinajstić information content (AvgIpc) is 2.06. The van der Waals surface area contributed by atoms with E-state index in [1.165, 1.54) is 0 Å². The lowest BCUT2D eigenvalue weighted by Crippen LogP contribution is -2.07. The van der Waals surface area contributed by atoms with Crippen LogP contribution in [0.15, 0.2) is 21.1 Å². The summed E-state index contributed by atoms with van der Waals surface area (Å²) in [6, 6.07) is 2.56. The van der Waals surface area contributed by atoms with Gasteiger partial charge in [0.15, 0.2) is 0 Å². The summed E-state index contributed by atoms with van der Waals surface area (Å²) in [4.78, 5) is 0. The molecule has 0 heterocycles. The molecule has 0 aliphatic rings. The molecule has 0 atom stereocenters. The van der Waals surface area contributed by atoms with Gasteiger partial charge in [-0.1, -0.05) is 15.9 Å². The van der Waals surface area contributed by atoms with Crippen molar-refractivity contribution in [3.05, 3.63) is 32.2 Å². The van der Waals surface area contributed by atoms with E-state index in [2.05, 4.69) is 31.9 Å². The van der Waals surface area contributed by atoms with E-state index in [0.29, 0.717) is 10.0 Å². The number of hydrogen-bond acceptors (Lipinski definition) is 0. The van der Waals surface area contributed by atoms with Gasteiger partial charge in [0, 0.05) is 14.8 Å². The third kappa shape index (κ3) is 2.64. The van der Waals surface area contributed by atoms with Crippen LogP contribution in [0.25, 0.3) is 0 Å². The molecule has 0 radical (unpaired) electrons. The van der Waals surface area contributed by atoms with Gasteiger partial charge in [0.05, 0.1) is 5.56 Å². The van der Waals surface area contributed by atoms with E-state index < -0.39 is 11.7 Å². The molecule has 0 saturated heterocycles. The molecule has 0 aliphatic heterocycles. The van der Waals surface area contributed by atoms with E-state index >= 15 is 0 Å². The maximum Gasteiger partial charge on any atom is 0.417 e. The lowest BCUT2D eigenvalue weighted by molar-refractivity contribution is -0.138. The Morgan fingerprint density at radius 1 is 1.21 bits per heavy atom. The normalized spacial score (nSPS) is 11.9. The SMILES string of the molecule is FC(F)(F)c1cc(Br)cc(CCl)c1Br. The van der Waals surface area contributed by atoms with E-state index in [4.69, 9.17) is 11.6 Å². The summed E-state index contributed by atoms with van der Waals surface area (Å²) < 4.78 is 37.7. The Balaban J connectivity index is 3.37. The second-order valence-corrected chi connectivity index (χ2v) is 4.53. The molecule has 78 valence electrons. The average molecular weight is 352 g/mol. The van der Waals surface area contributed by atoms with Crippen LogP contribution in [0.2, 0.25) is 0 Å². The van der Waals surface area contributed by atoms with Crippen LogP contribution in [0, 0.1) is 0 Å². The minimum Gasteiger partial charge on any atom is -0.166 e. The lowest BCUT2D eigenvalue weighted by Gasteiger charge is -2.12. The first kappa shape index (κ1) is 12.3. The van der Waals surface area contributed by atoms with Crippen LogP contribution in [0.3, 0.4) is 0 Å². The van der Waals surface area contributed by atoms with Gasteiger partial charge in [-0.05, 0) is 33.6 Å². The summed E-state index contributed by atoms with van der Waals surface area (Å²) >= 11 is 11.4. The van der Waals surface area contributed by atoms with Crippen molar-refractivity contribution in [3.63, 3.8) is 0 Å². The first-order chi connectivity index (χ1) is 6.36. The van der Waals surface area contributed by atoms with Gasteiger partial charge in [-0.3, -0.25) is 0 Å². The highest BCUT2D eigenvalue weighted by atomic mass is 79.9. The molecule has 0 unspecified atom stereocenters. The Morgan fingerprint density at radius 3 is 2.21 bits per heavy atom. The molecule has 0 fully saturated rings. The first-order valence-corrected chi connectivity index (χ1v) is 5.59. The van der Waals surface area contributed by atoms with Crippen molar-refractivity contribution >= 4 is 43.5 Å². The van der Waals surface area contributed by atoms with Crippen LogP contribution < -0.4 is 0 Å². The predicted octanol–water partition coefficient (Wildman–Crippen LogP) is 4.97. The Morgan fingerprint density at radius 2 is 1.79 bits per heavy atom. The molecule has 0 nitrogen and oxygen atoms in total. The van der Waals surface area contributed by atoms with Gasteiger partial charge >= 0.3 is 6.18 Å². The van der Waals surface area contributed by atoms with E-state index in [-0.39, 0.29) is 10.4 Å². The monoisotopic (exact) mass is 350 g/mol. The number of rotatable bonds is 1. The molecule has 1 aromatic carbocycles. The van der Waals surface area contributed by atoms with Crippen molar-refractivity contribution in [1.29, 1.82) is 0 Å². The highest BCUT2D eigenvalue weighted by Crippen LogP contribution is 2.38. The number of hydrogen-bond donors (Lipinski definition) is 0. The van der Waals surface area contributed by atoms with E-state index in [1.807, 2.05) is 0 Å². The third-order valence-electron chi connectivity index (χ3n) is 1.56. The molecule has 0 aliphatic carbocycles. The zero-order valence-corrected chi connectivity index (χ0v) is 10.6. The van der Waals surface area contributed by atoms with Crippen molar-refractivity contribution in [3.8, 4) is 0 Å². The Labute approximate surface area is 101 Å². The van der Waals surface area contributed by atoms with Crippen molar-refractivity contribution in [2.24, 2.45) is 0 Å². The van der Waals surface area contributed by atoms with E-state index in [0.717, 1.165) is 6.07 Å². The van der Waals surface area contributed by atoms with Gasteiger partial charge < -0.3 is 0 Å². The highest BCUT2D eigenvalue weighted by Gasteiger charge is 2.34. The van der Waals surface area contributed by atoms with E-state index in [1.54, 1.807) is 6.07 Å². The maximum absolute atomic E-state index is 12.5. The fourth-order valence-electron chi connectivity index (χ4n) is 0.949. The van der Waals surface area contributed by atoms with Crippen molar-refractivity contribution in [2.45, 2.75) is 12.1 Å². The second kappa shape index (κ2) is 4.41. The van der Waals surface area contributed by atoms with Crippen LogP contribution >= 0.6 is 43.5 Å². The summed E-state index contributed by atoms with van der Waals surface area (Å²) in [6.45, 7) is 0. The summed E-state index contributed by atoms with van der Waals surface area (Å²) in [5.41, 5.74) is -0.309. The quantitative estimate of drug-likeness (QED) is 0.626. The summed E-state index contributed by atoms with van der Waals surface area (Å²) in [5, 5.41) is 0. The molecular weight excluding hydrogens is 348 g/mol. The fraction of sp³-hybridized carbons (Fsp3) is 0.250. The van der Waals surface area contributed by atoms with Gasteiger partial charge in [-0.15, -0.1) is 11.6 Å². The third-order valence-corrected chi connectivity index (χ3v) is 3.24. The Bertz CT molecular complexity index is 349. The fourth-order valence-corrected chi connectivity index (χ4v) is 2.42. The Hall–Kier alpha value is 0.260. The van der Waals surface area contributed by atoms with Crippen molar-refractivity contribution in [2.75, 3.05) is 0 Å². The minimum absolute atomic E-state index is 0.00296. The molecule has 1 rings (SSSR count). The molecule has 0 aromatic heterocycles. The topological polar surface area (TPSA) is 0 Å². The molecule has 1 aromatic rings. The molecule has 0 spiro atoms. The molecule has 0 amide bonds. The van der Waals surface area contributed by atoms with Gasteiger partial charge in [0.1, 0.15) is 0 Å². The van der Waals surface area contributed by atoms with Gasteiger partial charge in [-0.25, -0.2) is 0 Å². The molecule has 0 saturated carbocycles. The predicted molar refractivity (Wildman–Crippen MR) is 56.4 cm³/mol. The van der Waals surface area contributed by atoms with Crippen LogP contribution in [-0.4, -0.2) is 0 Å². The number of benzene rings is 1. The summed E-state index contributed by atoms with van der Waals surface area (Å²) in [6.07, 6.45) is -4.37. The van der Waals surface area contributed by atoms with Crippen molar-refractivity contribution < 1.29 is 13.2 Å². The highest BCUT2D eigenvalue weighted by molar-refractivity contribution is 9.11. The largest absolute Gasteiger partial charge is 0.417 e. The minimum atomic E-state index is -4.37.